The molecule has 5 rings (SSSR count). The quantitative estimate of drug-likeness (QED) is 0.123. The largest absolute Gasteiger partial charge is 0.269 e. The van der Waals surface area contributed by atoms with Crippen molar-refractivity contribution < 1.29 is 9.85 Å². The van der Waals surface area contributed by atoms with Crippen molar-refractivity contribution in [2.24, 2.45) is 0 Å². The van der Waals surface area contributed by atoms with E-state index < -0.39 is 5.41 Å². The van der Waals surface area contributed by atoms with Crippen LogP contribution in [0.1, 0.15) is 33.4 Å². The van der Waals surface area contributed by atoms with Crippen molar-refractivity contribution in [2.75, 3.05) is 0 Å². The first-order valence-electron chi connectivity index (χ1n) is 12.8. The van der Waals surface area contributed by atoms with E-state index in [1.165, 1.54) is 12.1 Å². The van der Waals surface area contributed by atoms with Crippen molar-refractivity contribution >= 4 is 11.4 Å². The molecule has 4 aromatic rings. The Morgan fingerprint density at radius 3 is 1.28 bits per heavy atom. The van der Waals surface area contributed by atoms with E-state index in [2.05, 4.69) is 61.7 Å². The minimum Gasteiger partial charge on any atom is -0.258 e. The molecule has 0 saturated carbocycles. The van der Waals surface area contributed by atoms with E-state index in [0.717, 1.165) is 57.3 Å². The maximum atomic E-state index is 11.8. The van der Waals surface area contributed by atoms with Crippen LogP contribution in [-0.2, 0) is 31.1 Å². The predicted molar refractivity (Wildman–Crippen MR) is 154 cm³/mol. The molecule has 0 saturated heterocycles. The predicted octanol–water partition coefficient (Wildman–Crippen LogP) is 7.71. The Hall–Kier alpha value is -4.84. The Morgan fingerprint density at radius 2 is 0.949 bits per heavy atom. The fourth-order valence-corrected chi connectivity index (χ4v) is 5.76. The topological polar surface area (TPSA) is 86.3 Å². The summed E-state index contributed by atoms with van der Waals surface area (Å²) in [5, 5.41) is 23.7. The van der Waals surface area contributed by atoms with Crippen LogP contribution in [0, 0.1) is 20.2 Å². The smallest absolute Gasteiger partial charge is 0.258 e. The van der Waals surface area contributed by atoms with Crippen molar-refractivity contribution in [2.45, 2.75) is 31.1 Å². The monoisotopic (exact) mass is 516 g/mol. The van der Waals surface area contributed by atoms with Gasteiger partial charge in [-0.3, -0.25) is 20.2 Å². The van der Waals surface area contributed by atoms with Crippen LogP contribution in [-0.4, -0.2) is 9.85 Å². The van der Waals surface area contributed by atoms with Crippen molar-refractivity contribution in [3.8, 4) is 11.1 Å². The second kappa shape index (κ2) is 10.5. The van der Waals surface area contributed by atoms with Gasteiger partial charge in [-0.2, -0.15) is 0 Å². The van der Waals surface area contributed by atoms with Crippen molar-refractivity contribution in [3.63, 3.8) is 0 Å². The Labute approximate surface area is 227 Å². The molecule has 0 unspecified atom stereocenters. The first kappa shape index (κ1) is 25.8. The normalized spacial score (nSPS) is 12.8. The maximum Gasteiger partial charge on any atom is 0.269 e. The maximum absolute atomic E-state index is 11.8. The van der Waals surface area contributed by atoms with Crippen LogP contribution in [0.25, 0.3) is 11.1 Å². The molecule has 0 amide bonds. The van der Waals surface area contributed by atoms with E-state index >= 15 is 0 Å². The van der Waals surface area contributed by atoms with Crippen molar-refractivity contribution in [1.29, 1.82) is 0 Å². The number of non-ortho nitro benzene ring substituents is 2. The second-order valence-corrected chi connectivity index (χ2v) is 10.0. The highest BCUT2D eigenvalue weighted by Gasteiger charge is 2.45. The number of hydrogen-bond donors (Lipinski definition) is 0. The molecule has 6 heteroatoms. The molecule has 0 heterocycles. The molecule has 39 heavy (non-hydrogen) atoms. The average Bonchev–Trinajstić information content (AvgIpc) is 3.19. The summed E-state index contributed by atoms with van der Waals surface area (Å²) in [4.78, 5) is 22.9. The lowest BCUT2D eigenvalue weighted by Gasteiger charge is -2.33. The molecule has 0 radical (unpaired) electrons. The molecule has 1 aliphatic rings. The summed E-state index contributed by atoms with van der Waals surface area (Å²) in [6, 6.07) is 26.4. The van der Waals surface area contributed by atoms with Crippen LogP contribution in [0.3, 0.4) is 0 Å². The van der Waals surface area contributed by atoms with Crippen LogP contribution < -0.4 is 0 Å². The summed E-state index contributed by atoms with van der Waals surface area (Å²) in [6.07, 6.45) is 6.28. The van der Waals surface area contributed by atoms with Gasteiger partial charge < -0.3 is 0 Å². The van der Waals surface area contributed by atoms with Gasteiger partial charge in [-0.1, -0.05) is 60.7 Å². The molecule has 0 spiro atoms. The summed E-state index contributed by atoms with van der Waals surface area (Å²) in [6.45, 7) is 7.63. The lowest BCUT2D eigenvalue weighted by atomic mass is 9.69. The lowest BCUT2D eigenvalue weighted by molar-refractivity contribution is -0.385. The van der Waals surface area contributed by atoms with Crippen LogP contribution in [0.15, 0.2) is 110 Å². The summed E-state index contributed by atoms with van der Waals surface area (Å²) < 4.78 is 0. The fourth-order valence-electron chi connectivity index (χ4n) is 5.76. The summed E-state index contributed by atoms with van der Waals surface area (Å²) >= 11 is 0. The molecule has 0 bridgehead atoms. The van der Waals surface area contributed by atoms with Gasteiger partial charge in [-0.05, 0) is 82.3 Å². The number of allylic oxidation sites excluding steroid dienone is 2. The molecule has 4 aromatic carbocycles. The zero-order chi connectivity index (χ0) is 27.6. The third-order valence-corrected chi connectivity index (χ3v) is 7.57. The third-order valence-electron chi connectivity index (χ3n) is 7.57. The Balaban J connectivity index is 1.74. The zero-order valence-electron chi connectivity index (χ0n) is 21.5. The van der Waals surface area contributed by atoms with E-state index in [1.807, 2.05) is 12.2 Å². The zero-order valence-corrected chi connectivity index (χ0v) is 21.5. The first-order valence-corrected chi connectivity index (χ1v) is 12.8. The van der Waals surface area contributed by atoms with E-state index in [0.29, 0.717) is 12.8 Å². The van der Waals surface area contributed by atoms with Gasteiger partial charge in [-0.25, -0.2) is 0 Å². The number of nitro benzene ring substituents is 2. The van der Waals surface area contributed by atoms with Gasteiger partial charge in [0.25, 0.3) is 11.4 Å². The molecule has 1 aliphatic carbocycles. The summed E-state index contributed by atoms with van der Waals surface area (Å²) in [5.41, 5.74) is 7.00. The van der Waals surface area contributed by atoms with E-state index in [4.69, 9.17) is 0 Å². The van der Waals surface area contributed by atoms with Gasteiger partial charge in [0, 0.05) is 29.7 Å². The fraction of sp³-hybridized carbons (Fsp3) is 0.152. The highest BCUT2D eigenvalue weighted by molar-refractivity contribution is 5.83. The van der Waals surface area contributed by atoms with Crippen LogP contribution in [0.5, 0.6) is 0 Å². The van der Waals surface area contributed by atoms with Crippen LogP contribution in [0.2, 0.25) is 0 Å². The standard InChI is InChI=1S/C33H28N2O4/c1-3-5-23-7-11-25(12-8-23)21-33(22-26-13-9-24(6-4-2)10-14-26)31-19-27(34(36)37)15-17-29(31)30-18-16-28(35(38)39)20-32(30)33/h3-4,7-20H,1-2,5-6,21-22H2. The minimum absolute atomic E-state index is 0.00286. The Kier molecular flexibility index (Phi) is 6.94. The highest BCUT2D eigenvalue weighted by Crippen LogP contribution is 2.54. The molecule has 0 N–H and O–H groups in total. The van der Waals surface area contributed by atoms with Gasteiger partial charge in [0.2, 0.25) is 0 Å². The number of rotatable bonds is 10. The summed E-state index contributed by atoms with van der Waals surface area (Å²) in [7, 11) is 0. The van der Waals surface area contributed by atoms with E-state index in [-0.39, 0.29) is 21.2 Å². The van der Waals surface area contributed by atoms with Gasteiger partial charge in [0.1, 0.15) is 0 Å². The molecular formula is C33H28N2O4. The third kappa shape index (κ3) is 4.89. The first-order chi connectivity index (χ1) is 18.8. The molecule has 6 nitrogen and oxygen atoms in total. The minimum atomic E-state index is -0.747. The molecule has 0 atom stereocenters. The van der Waals surface area contributed by atoms with Crippen molar-refractivity contribution in [3.05, 3.63) is 164 Å². The molecular weight excluding hydrogens is 488 g/mol. The van der Waals surface area contributed by atoms with Gasteiger partial charge >= 0.3 is 0 Å². The van der Waals surface area contributed by atoms with Gasteiger partial charge in [0.05, 0.1) is 9.85 Å². The highest BCUT2D eigenvalue weighted by atomic mass is 16.6. The van der Waals surface area contributed by atoms with Crippen LogP contribution in [0.4, 0.5) is 11.4 Å². The average molecular weight is 517 g/mol. The van der Waals surface area contributed by atoms with Gasteiger partial charge in [-0.15, -0.1) is 13.2 Å². The van der Waals surface area contributed by atoms with E-state index in [1.54, 1.807) is 24.3 Å². The lowest BCUT2D eigenvalue weighted by Crippen LogP contribution is -2.31. The molecule has 0 aromatic heterocycles. The molecule has 0 aliphatic heterocycles. The summed E-state index contributed by atoms with van der Waals surface area (Å²) in [5.74, 6) is 0. The number of hydrogen-bond acceptors (Lipinski definition) is 4. The molecule has 0 fully saturated rings. The Morgan fingerprint density at radius 1 is 0.590 bits per heavy atom. The van der Waals surface area contributed by atoms with Crippen LogP contribution >= 0.6 is 0 Å². The van der Waals surface area contributed by atoms with E-state index in [9.17, 15) is 20.2 Å². The van der Waals surface area contributed by atoms with Gasteiger partial charge in [0.15, 0.2) is 0 Å². The second-order valence-electron chi connectivity index (χ2n) is 10.0. The SMILES string of the molecule is C=CCc1ccc(CC2(Cc3ccc(CC=C)cc3)c3cc([N+](=O)[O-])ccc3-c3ccc([N+](=O)[O-])cc32)cc1. The number of benzene rings is 4. The Bertz CT molecular complexity index is 1470. The van der Waals surface area contributed by atoms with Crippen molar-refractivity contribution in [1.82, 2.24) is 0 Å². The number of nitrogens with zero attached hydrogens (tertiary/aromatic N) is 2. The number of fused-ring (bicyclic) bond motifs is 3. The number of nitro groups is 2. The molecule has 194 valence electrons.